The number of rotatable bonds is 8. The summed E-state index contributed by atoms with van der Waals surface area (Å²) in [6.07, 6.45) is 9.93. The molecule has 0 saturated carbocycles. The zero-order chi connectivity index (χ0) is 9.94. The van der Waals surface area contributed by atoms with E-state index >= 15 is 0 Å². The summed E-state index contributed by atoms with van der Waals surface area (Å²) in [5.74, 6) is 0. The number of allylic oxidation sites excluding steroid dienone is 1. The highest BCUT2D eigenvalue weighted by Gasteiger charge is 1.97. The fraction of sp³-hybridized carbons (Fsp3) is 0.727. The Labute approximate surface area is 80.7 Å². The number of carbonyl (C=O) groups excluding carboxylic acids is 1. The molecule has 2 nitrogen and oxygen atoms in total. The van der Waals surface area contributed by atoms with Gasteiger partial charge in [0.05, 0.1) is 6.10 Å². The van der Waals surface area contributed by atoms with Crippen LogP contribution in [-0.4, -0.2) is 17.5 Å². The maximum absolute atomic E-state index is 9.93. The Kier molecular flexibility index (Phi) is 9.00. The minimum atomic E-state index is -0.438. The lowest BCUT2D eigenvalue weighted by Crippen LogP contribution is -2.01. The Morgan fingerprint density at radius 2 is 1.92 bits per heavy atom. The second kappa shape index (κ2) is 9.46. The Morgan fingerprint density at radius 1 is 1.23 bits per heavy atom. The normalized spacial score (nSPS) is 13.4. The Balaban J connectivity index is 3.21. The molecular formula is C11H20O2. The molecule has 0 aromatic rings. The molecule has 0 rings (SSSR count). The van der Waals surface area contributed by atoms with Gasteiger partial charge in [-0.1, -0.05) is 45.1 Å². The summed E-state index contributed by atoms with van der Waals surface area (Å²) in [6, 6.07) is 0. The van der Waals surface area contributed by atoms with E-state index in [2.05, 4.69) is 6.92 Å². The largest absolute Gasteiger partial charge is 0.389 e. The minimum Gasteiger partial charge on any atom is -0.389 e. The minimum absolute atomic E-state index is 0.438. The highest BCUT2D eigenvalue weighted by atomic mass is 16.3. The van der Waals surface area contributed by atoms with Gasteiger partial charge in [-0.3, -0.25) is 4.79 Å². The van der Waals surface area contributed by atoms with Crippen molar-refractivity contribution in [1.82, 2.24) is 0 Å². The second-order valence-corrected chi connectivity index (χ2v) is 3.29. The van der Waals surface area contributed by atoms with E-state index in [-0.39, 0.29) is 0 Å². The maximum Gasteiger partial charge on any atom is 0.142 e. The number of aldehydes is 1. The average Bonchev–Trinajstić information content (AvgIpc) is 2.14. The first-order chi connectivity index (χ1) is 6.31. The van der Waals surface area contributed by atoms with Crippen LogP contribution in [0.3, 0.4) is 0 Å². The van der Waals surface area contributed by atoms with Crippen molar-refractivity contribution in [2.75, 3.05) is 0 Å². The van der Waals surface area contributed by atoms with Gasteiger partial charge < -0.3 is 5.11 Å². The van der Waals surface area contributed by atoms with Gasteiger partial charge in [0.25, 0.3) is 0 Å². The molecule has 13 heavy (non-hydrogen) atoms. The second-order valence-electron chi connectivity index (χ2n) is 3.29. The van der Waals surface area contributed by atoms with Gasteiger partial charge in [0, 0.05) is 0 Å². The maximum atomic E-state index is 9.93. The van der Waals surface area contributed by atoms with E-state index in [1.807, 2.05) is 0 Å². The van der Waals surface area contributed by atoms with Crippen molar-refractivity contribution < 1.29 is 9.90 Å². The number of unbranched alkanes of at least 4 members (excludes halogenated alkanes) is 4. The van der Waals surface area contributed by atoms with Crippen molar-refractivity contribution in [3.8, 4) is 0 Å². The van der Waals surface area contributed by atoms with Crippen LogP contribution < -0.4 is 0 Å². The lowest BCUT2D eigenvalue weighted by atomic mass is 10.1. The SMILES string of the molecule is CCCCCCC[C@@H](O)/C=C/C=O. The summed E-state index contributed by atoms with van der Waals surface area (Å²) in [5.41, 5.74) is 0. The Hall–Kier alpha value is -0.630. The summed E-state index contributed by atoms with van der Waals surface area (Å²) < 4.78 is 0. The van der Waals surface area contributed by atoms with Gasteiger partial charge in [0.2, 0.25) is 0 Å². The van der Waals surface area contributed by atoms with E-state index in [9.17, 15) is 9.90 Å². The van der Waals surface area contributed by atoms with Crippen LogP contribution in [0.1, 0.15) is 45.4 Å². The summed E-state index contributed by atoms with van der Waals surface area (Å²) in [5, 5.41) is 9.29. The van der Waals surface area contributed by atoms with E-state index in [1.165, 1.54) is 31.8 Å². The van der Waals surface area contributed by atoms with Gasteiger partial charge in [-0.05, 0) is 12.5 Å². The van der Waals surface area contributed by atoms with Gasteiger partial charge in [0.1, 0.15) is 6.29 Å². The molecule has 76 valence electrons. The van der Waals surface area contributed by atoms with Crippen LogP contribution in [0.2, 0.25) is 0 Å². The van der Waals surface area contributed by atoms with Gasteiger partial charge in [-0.2, -0.15) is 0 Å². The van der Waals surface area contributed by atoms with Crippen molar-refractivity contribution >= 4 is 6.29 Å². The molecule has 0 aromatic carbocycles. The van der Waals surface area contributed by atoms with Crippen LogP contribution in [0.4, 0.5) is 0 Å². The van der Waals surface area contributed by atoms with E-state index in [1.54, 1.807) is 6.08 Å². The molecule has 0 fully saturated rings. The van der Waals surface area contributed by atoms with Gasteiger partial charge in [-0.15, -0.1) is 0 Å². The Bertz CT molecular complexity index is 141. The van der Waals surface area contributed by atoms with Gasteiger partial charge >= 0.3 is 0 Å². The van der Waals surface area contributed by atoms with Crippen LogP contribution >= 0.6 is 0 Å². The molecule has 0 amide bonds. The predicted molar refractivity (Wildman–Crippen MR) is 54.6 cm³/mol. The quantitative estimate of drug-likeness (QED) is 0.357. The van der Waals surface area contributed by atoms with Crippen molar-refractivity contribution in [3.63, 3.8) is 0 Å². The van der Waals surface area contributed by atoms with Crippen LogP contribution in [0.5, 0.6) is 0 Å². The molecule has 0 heterocycles. The number of hydrogen-bond donors (Lipinski definition) is 1. The molecule has 0 aliphatic carbocycles. The number of hydrogen-bond acceptors (Lipinski definition) is 2. The van der Waals surface area contributed by atoms with Crippen LogP contribution in [0.15, 0.2) is 12.2 Å². The van der Waals surface area contributed by atoms with E-state index in [0.29, 0.717) is 6.29 Å². The molecule has 0 aromatic heterocycles. The fourth-order valence-corrected chi connectivity index (χ4v) is 1.23. The lowest BCUT2D eigenvalue weighted by molar-refractivity contribution is -0.104. The average molecular weight is 184 g/mol. The zero-order valence-electron chi connectivity index (χ0n) is 8.41. The smallest absolute Gasteiger partial charge is 0.142 e. The number of aliphatic hydroxyl groups excluding tert-OH is 1. The molecule has 0 unspecified atom stereocenters. The third kappa shape index (κ3) is 9.28. The standard InChI is InChI=1S/C11H20O2/c1-2-3-4-5-6-8-11(13)9-7-10-12/h7,9-11,13H,2-6,8H2,1H3/b9-7+/t11-/m1/s1. The molecule has 2 heteroatoms. The first-order valence-electron chi connectivity index (χ1n) is 5.11. The topological polar surface area (TPSA) is 37.3 Å². The first kappa shape index (κ1) is 12.4. The summed E-state index contributed by atoms with van der Waals surface area (Å²) in [4.78, 5) is 9.93. The molecular weight excluding hydrogens is 164 g/mol. The highest BCUT2D eigenvalue weighted by molar-refractivity contribution is 5.64. The molecule has 0 saturated heterocycles. The Morgan fingerprint density at radius 3 is 2.54 bits per heavy atom. The van der Waals surface area contributed by atoms with Crippen molar-refractivity contribution in [3.05, 3.63) is 12.2 Å². The molecule has 1 N–H and O–H groups in total. The third-order valence-electron chi connectivity index (χ3n) is 2.02. The third-order valence-corrected chi connectivity index (χ3v) is 2.02. The van der Waals surface area contributed by atoms with Crippen molar-refractivity contribution in [2.24, 2.45) is 0 Å². The van der Waals surface area contributed by atoms with E-state index in [0.717, 1.165) is 12.8 Å². The van der Waals surface area contributed by atoms with Crippen molar-refractivity contribution in [1.29, 1.82) is 0 Å². The van der Waals surface area contributed by atoms with Gasteiger partial charge in [0.15, 0.2) is 0 Å². The molecule has 0 bridgehead atoms. The van der Waals surface area contributed by atoms with Crippen LogP contribution in [0, 0.1) is 0 Å². The van der Waals surface area contributed by atoms with Crippen LogP contribution in [-0.2, 0) is 4.79 Å². The molecule has 0 spiro atoms. The summed E-state index contributed by atoms with van der Waals surface area (Å²) >= 11 is 0. The monoisotopic (exact) mass is 184 g/mol. The van der Waals surface area contributed by atoms with E-state index in [4.69, 9.17) is 0 Å². The first-order valence-corrected chi connectivity index (χ1v) is 5.11. The number of aliphatic hydroxyl groups is 1. The lowest BCUT2D eigenvalue weighted by Gasteiger charge is -2.03. The summed E-state index contributed by atoms with van der Waals surface area (Å²) in [7, 11) is 0. The van der Waals surface area contributed by atoms with Crippen molar-refractivity contribution in [2.45, 2.75) is 51.6 Å². The van der Waals surface area contributed by atoms with E-state index < -0.39 is 6.10 Å². The zero-order valence-corrected chi connectivity index (χ0v) is 8.41. The summed E-state index contributed by atoms with van der Waals surface area (Å²) in [6.45, 7) is 2.18. The molecule has 0 aliphatic rings. The fourth-order valence-electron chi connectivity index (χ4n) is 1.23. The molecule has 0 radical (unpaired) electrons. The molecule has 0 aliphatic heterocycles. The highest BCUT2D eigenvalue weighted by Crippen LogP contribution is 2.07. The number of carbonyl (C=O) groups is 1. The molecule has 1 atom stereocenters. The van der Waals surface area contributed by atoms with Gasteiger partial charge in [-0.25, -0.2) is 0 Å². The predicted octanol–water partition coefficient (Wildman–Crippen LogP) is 2.46. The van der Waals surface area contributed by atoms with Crippen LogP contribution in [0.25, 0.3) is 0 Å².